The van der Waals surface area contributed by atoms with E-state index in [0.29, 0.717) is 22.2 Å². The molecule has 1 aliphatic heterocycles. The molecular weight excluding hydrogens is 305 g/mol. The number of amides is 1. The summed E-state index contributed by atoms with van der Waals surface area (Å²) >= 11 is 12.3. The first-order chi connectivity index (χ1) is 10.1. The first kappa shape index (κ1) is 14.4. The highest BCUT2D eigenvalue weighted by atomic mass is 35.5. The standard InChI is InChI=1S/C17H15Cl2NO/c1-11-13-6-3-2-5-12(13)10-20(11)17(21)9-14-15(18)7-4-8-16(14)19/h2-8,11H,9-10H2,1H3/t11-/m0/s1. The summed E-state index contributed by atoms with van der Waals surface area (Å²) in [6, 6.07) is 13.6. The molecule has 2 aromatic rings. The Morgan fingerprint density at radius 1 is 1.14 bits per heavy atom. The number of benzene rings is 2. The van der Waals surface area contributed by atoms with Gasteiger partial charge in [-0.2, -0.15) is 0 Å². The summed E-state index contributed by atoms with van der Waals surface area (Å²) in [6.07, 6.45) is 0.233. The van der Waals surface area contributed by atoms with E-state index in [4.69, 9.17) is 23.2 Å². The molecule has 0 saturated heterocycles. The van der Waals surface area contributed by atoms with E-state index in [0.717, 1.165) is 0 Å². The average Bonchev–Trinajstić information content (AvgIpc) is 2.81. The second-order valence-electron chi connectivity index (χ2n) is 5.27. The van der Waals surface area contributed by atoms with E-state index in [1.165, 1.54) is 11.1 Å². The van der Waals surface area contributed by atoms with Crippen molar-refractivity contribution < 1.29 is 4.79 Å². The van der Waals surface area contributed by atoms with E-state index in [-0.39, 0.29) is 18.4 Å². The Morgan fingerprint density at radius 2 is 1.81 bits per heavy atom. The van der Waals surface area contributed by atoms with Crippen molar-refractivity contribution >= 4 is 29.1 Å². The maximum absolute atomic E-state index is 12.6. The third kappa shape index (κ3) is 2.66. The lowest BCUT2D eigenvalue weighted by Gasteiger charge is -2.22. The van der Waals surface area contributed by atoms with Crippen molar-refractivity contribution in [3.8, 4) is 0 Å². The molecule has 108 valence electrons. The average molecular weight is 320 g/mol. The fraction of sp³-hybridized carbons (Fsp3) is 0.235. The number of halogens is 2. The molecular formula is C17H15Cl2NO. The Kier molecular flexibility index (Phi) is 3.92. The summed E-state index contributed by atoms with van der Waals surface area (Å²) in [5.41, 5.74) is 3.13. The number of rotatable bonds is 2. The highest BCUT2D eigenvalue weighted by molar-refractivity contribution is 6.36. The van der Waals surface area contributed by atoms with Gasteiger partial charge in [0.05, 0.1) is 12.5 Å². The van der Waals surface area contributed by atoms with Crippen LogP contribution >= 0.6 is 23.2 Å². The van der Waals surface area contributed by atoms with Crippen LogP contribution in [0.5, 0.6) is 0 Å². The minimum atomic E-state index is 0.0497. The molecule has 2 aromatic carbocycles. The highest BCUT2D eigenvalue weighted by Crippen LogP contribution is 2.34. The third-order valence-electron chi connectivity index (χ3n) is 4.02. The lowest BCUT2D eigenvalue weighted by Crippen LogP contribution is -2.29. The number of hydrogen-bond acceptors (Lipinski definition) is 1. The first-order valence-corrected chi connectivity index (χ1v) is 7.63. The summed E-state index contributed by atoms with van der Waals surface area (Å²) in [6.45, 7) is 2.70. The molecule has 4 heteroatoms. The van der Waals surface area contributed by atoms with Crippen LogP contribution in [0.4, 0.5) is 0 Å². The molecule has 1 atom stereocenters. The number of fused-ring (bicyclic) bond motifs is 1. The number of carbonyl (C=O) groups excluding carboxylic acids is 1. The molecule has 0 N–H and O–H groups in total. The van der Waals surface area contributed by atoms with E-state index in [1.807, 2.05) is 17.0 Å². The van der Waals surface area contributed by atoms with Gasteiger partial charge < -0.3 is 4.90 Å². The number of carbonyl (C=O) groups is 1. The van der Waals surface area contributed by atoms with Crippen molar-refractivity contribution in [1.82, 2.24) is 4.90 Å². The Hall–Kier alpha value is -1.51. The van der Waals surface area contributed by atoms with Gasteiger partial charge >= 0.3 is 0 Å². The molecule has 0 saturated carbocycles. The van der Waals surface area contributed by atoms with Crippen LogP contribution in [0.3, 0.4) is 0 Å². The van der Waals surface area contributed by atoms with Crippen LogP contribution in [0.2, 0.25) is 10.0 Å². The summed E-state index contributed by atoms with van der Waals surface area (Å²) in [4.78, 5) is 14.5. The van der Waals surface area contributed by atoms with Crippen molar-refractivity contribution in [2.45, 2.75) is 25.9 Å². The SMILES string of the molecule is C[C@H]1c2ccccc2CN1C(=O)Cc1c(Cl)cccc1Cl. The predicted octanol–water partition coefficient (Wildman–Crippen LogP) is 4.64. The van der Waals surface area contributed by atoms with E-state index < -0.39 is 0 Å². The van der Waals surface area contributed by atoms with Gasteiger partial charge in [-0.3, -0.25) is 4.79 Å². The van der Waals surface area contributed by atoms with Crippen LogP contribution in [0, 0.1) is 0 Å². The van der Waals surface area contributed by atoms with Crippen LogP contribution in [-0.2, 0) is 17.8 Å². The smallest absolute Gasteiger partial charge is 0.227 e. The van der Waals surface area contributed by atoms with Crippen molar-refractivity contribution in [1.29, 1.82) is 0 Å². The van der Waals surface area contributed by atoms with Crippen molar-refractivity contribution in [3.05, 3.63) is 69.2 Å². The summed E-state index contributed by atoms with van der Waals surface area (Å²) < 4.78 is 0. The molecule has 3 rings (SSSR count). The molecule has 0 bridgehead atoms. The first-order valence-electron chi connectivity index (χ1n) is 6.88. The van der Waals surface area contributed by atoms with E-state index >= 15 is 0 Å². The molecule has 0 radical (unpaired) electrons. The second-order valence-corrected chi connectivity index (χ2v) is 6.09. The van der Waals surface area contributed by atoms with Gasteiger partial charge in [-0.15, -0.1) is 0 Å². The fourth-order valence-corrected chi connectivity index (χ4v) is 3.36. The molecule has 21 heavy (non-hydrogen) atoms. The maximum atomic E-state index is 12.6. The van der Waals surface area contributed by atoms with Crippen LogP contribution < -0.4 is 0 Å². The lowest BCUT2D eigenvalue weighted by molar-refractivity contribution is -0.132. The number of hydrogen-bond donors (Lipinski definition) is 0. The van der Waals surface area contributed by atoms with Gasteiger partial charge in [0.1, 0.15) is 0 Å². The largest absolute Gasteiger partial charge is 0.331 e. The van der Waals surface area contributed by atoms with Gasteiger partial charge in [-0.1, -0.05) is 53.5 Å². The zero-order valence-corrected chi connectivity index (χ0v) is 13.2. The van der Waals surface area contributed by atoms with Gasteiger partial charge in [-0.25, -0.2) is 0 Å². The number of nitrogens with zero attached hydrogens (tertiary/aromatic N) is 1. The second kappa shape index (κ2) is 5.70. The summed E-state index contributed by atoms with van der Waals surface area (Å²) in [7, 11) is 0. The Morgan fingerprint density at radius 3 is 2.48 bits per heavy atom. The maximum Gasteiger partial charge on any atom is 0.227 e. The van der Waals surface area contributed by atoms with Gasteiger partial charge in [0, 0.05) is 16.6 Å². The molecule has 0 aromatic heterocycles. The zero-order chi connectivity index (χ0) is 15.0. The fourth-order valence-electron chi connectivity index (χ4n) is 2.83. The van der Waals surface area contributed by atoms with Crippen LogP contribution in [-0.4, -0.2) is 10.8 Å². The Balaban J connectivity index is 1.82. The summed E-state index contributed by atoms with van der Waals surface area (Å²) in [5.74, 6) is 0.0497. The zero-order valence-electron chi connectivity index (χ0n) is 11.6. The molecule has 0 spiro atoms. The van der Waals surface area contributed by atoms with Gasteiger partial charge in [0.25, 0.3) is 0 Å². The molecule has 0 fully saturated rings. The molecule has 1 amide bonds. The molecule has 0 aliphatic carbocycles. The van der Waals surface area contributed by atoms with Gasteiger partial charge in [0.2, 0.25) is 5.91 Å². The van der Waals surface area contributed by atoms with E-state index in [9.17, 15) is 4.79 Å². The highest BCUT2D eigenvalue weighted by Gasteiger charge is 2.30. The topological polar surface area (TPSA) is 20.3 Å². The van der Waals surface area contributed by atoms with Gasteiger partial charge in [0.15, 0.2) is 0 Å². The van der Waals surface area contributed by atoms with Crippen LogP contribution in [0.1, 0.15) is 29.7 Å². The van der Waals surface area contributed by atoms with Crippen LogP contribution in [0.15, 0.2) is 42.5 Å². The van der Waals surface area contributed by atoms with Crippen molar-refractivity contribution in [2.24, 2.45) is 0 Å². The normalized spacial score (nSPS) is 16.9. The summed E-state index contributed by atoms with van der Waals surface area (Å²) in [5, 5.41) is 1.08. The minimum absolute atomic E-state index is 0.0497. The Labute approximate surface area is 134 Å². The molecule has 2 nitrogen and oxygen atoms in total. The monoisotopic (exact) mass is 319 g/mol. The Bertz CT molecular complexity index is 679. The van der Waals surface area contributed by atoms with Crippen molar-refractivity contribution in [3.63, 3.8) is 0 Å². The van der Waals surface area contributed by atoms with E-state index in [2.05, 4.69) is 19.1 Å². The molecule has 1 heterocycles. The molecule has 0 unspecified atom stereocenters. The van der Waals surface area contributed by atoms with Gasteiger partial charge in [-0.05, 0) is 35.7 Å². The lowest BCUT2D eigenvalue weighted by atomic mass is 10.1. The van der Waals surface area contributed by atoms with E-state index in [1.54, 1.807) is 18.2 Å². The predicted molar refractivity (Wildman–Crippen MR) is 85.6 cm³/mol. The van der Waals surface area contributed by atoms with Crippen LogP contribution in [0.25, 0.3) is 0 Å². The quantitative estimate of drug-likeness (QED) is 0.789. The third-order valence-corrected chi connectivity index (χ3v) is 4.73. The molecule has 1 aliphatic rings. The minimum Gasteiger partial charge on any atom is -0.331 e. The van der Waals surface area contributed by atoms with Crippen molar-refractivity contribution in [2.75, 3.05) is 0 Å².